The van der Waals surface area contributed by atoms with Crippen molar-refractivity contribution in [1.29, 1.82) is 0 Å². The Kier molecular flexibility index (Phi) is 26.3. The van der Waals surface area contributed by atoms with Crippen LogP contribution < -0.4 is 0 Å². The summed E-state index contributed by atoms with van der Waals surface area (Å²) in [6, 6.07) is 0. The predicted molar refractivity (Wildman–Crippen MR) is 144 cm³/mol. The molecular formula is C30H56O3. The van der Waals surface area contributed by atoms with Gasteiger partial charge in [-0.3, -0.25) is 4.79 Å². The van der Waals surface area contributed by atoms with E-state index in [1.807, 2.05) is 0 Å². The Balaban J connectivity index is 3.31. The average molecular weight is 465 g/mol. The number of hydrogen-bond donors (Lipinski definition) is 2. The van der Waals surface area contributed by atoms with Crippen molar-refractivity contribution >= 4 is 5.97 Å². The zero-order valence-corrected chi connectivity index (χ0v) is 22.0. The van der Waals surface area contributed by atoms with E-state index in [1.54, 1.807) is 0 Å². The van der Waals surface area contributed by atoms with Gasteiger partial charge in [0.1, 0.15) is 0 Å². The molecule has 0 aromatic rings. The van der Waals surface area contributed by atoms with Crippen LogP contribution in [0.4, 0.5) is 0 Å². The van der Waals surface area contributed by atoms with Crippen molar-refractivity contribution in [2.45, 2.75) is 161 Å². The summed E-state index contributed by atoms with van der Waals surface area (Å²) >= 11 is 0. The number of carboxylic acids is 1. The third kappa shape index (κ3) is 28.9. The summed E-state index contributed by atoms with van der Waals surface area (Å²) in [6.45, 7) is 2.28. The number of aliphatic hydroxyl groups excluding tert-OH is 1. The summed E-state index contributed by atoms with van der Waals surface area (Å²) in [4.78, 5) is 10.4. The van der Waals surface area contributed by atoms with E-state index in [1.165, 1.54) is 96.3 Å². The van der Waals surface area contributed by atoms with Crippen LogP contribution in [0.5, 0.6) is 0 Å². The zero-order chi connectivity index (χ0) is 24.2. The van der Waals surface area contributed by atoms with Crippen LogP contribution in [-0.4, -0.2) is 22.3 Å². The minimum Gasteiger partial charge on any atom is -0.481 e. The summed E-state index contributed by atoms with van der Waals surface area (Å²) in [5.41, 5.74) is 0. The average Bonchev–Trinajstić information content (AvgIpc) is 2.79. The summed E-state index contributed by atoms with van der Waals surface area (Å²) in [5, 5.41) is 18.7. The molecule has 0 amide bonds. The van der Waals surface area contributed by atoms with Crippen LogP contribution in [0.25, 0.3) is 0 Å². The van der Waals surface area contributed by atoms with Gasteiger partial charge in [0, 0.05) is 6.42 Å². The fraction of sp³-hybridized carbons (Fsp3) is 0.833. The Morgan fingerprint density at radius 3 is 1.70 bits per heavy atom. The molecule has 194 valence electrons. The second-order valence-electron chi connectivity index (χ2n) is 9.80. The van der Waals surface area contributed by atoms with E-state index in [4.69, 9.17) is 5.11 Å². The van der Waals surface area contributed by atoms with Gasteiger partial charge in [-0.05, 0) is 38.5 Å². The van der Waals surface area contributed by atoms with Crippen LogP contribution in [-0.2, 0) is 4.79 Å². The van der Waals surface area contributed by atoms with Crippen molar-refractivity contribution in [3.05, 3.63) is 24.3 Å². The molecule has 0 radical (unpaired) electrons. The fourth-order valence-electron chi connectivity index (χ4n) is 4.23. The minimum absolute atomic E-state index is 0.211. The first-order valence-corrected chi connectivity index (χ1v) is 14.4. The van der Waals surface area contributed by atoms with Gasteiger partial charge in [0.15, 0.2) is 0 Å². The van der Waals surface area contributed by atoms with Crippen LogP contribution in [0.1, 0.15) is 155 Å². The molecule has 0 spiro atoms. The number of carboxylic acid groups (broad SMARTS) is 1. The summed E-state index contributed by atoms with van der Waals surface area (Å²) < 4.78 is 0. The number of hydrogen-bond acceptors (Lipinski definition) is 2. The topological polar surface area (TPSA) is 57.5 Å². The summed E-state index contributed by atoms with van der Waals surface area (Å²) in [6.07, 6.45) is 35.8. The van der Waals surface area contributed by atoms with Gasteiger partial charge in [0.05, 0.1) is 6.10 Å². The SMILES string of the molecule is CCCCCCCCCCCCCC=CCC=CCC(O)CCCCCCCCCC(=O)O. The highest BCUT2D eigenvalue weighted by molar-refractivity contribution is 5.66. The van der Waals surface area contributed by atoms with Crippen LogP contribution in [0.15, 0.2) is 24.3 Å². The van der Waals surface area contributed by atoms with Crippen LogP contribution in [0, 0.1) is 0 Å². The van der Waals surface area contributed by atoms with E-state index in [2.05, 4.69) is 31.2 Å². The first-order chi connectivity index (χ1) is 16.2. The smallest absolute Gasteiger partial charge is 0.303 e. The lowest BCUT2D eigenvalue weighted by Crippen LogP contribution is -2.04. The highest BCUT2D eigenvalue weighted by atomic mass is 16.4. The van der Waals surface area contributed by atoms with E-state index < -0.39 is 5.97 Å². The van der Waals surface area contributed by atoms with Crippen LogP contribution >= 0.6 is 0 Å². The second kappa shape index (κ2) is 27.2. The molecule has 2 N–H and O–H groups in total. The normalized spacial score (nSPS) is 12.8. The van der Waals surface area contributed by atoms with E-state index in [-0.39, 0.29) is 6.10 Å². The standard InChI is InChI=1S/C30H56O3/c1-2-3-4-5-6-7-8-9-10-11-12-13-14-15-17-20-23-26-29(31)27-24-21-18-16-19-22-25-28-30(32)33/h14-15,20,23,29,31H,2-13,16-19,21-22,24-28H2,1H3,(H,32,33). The van der Waals surface area contributed by atoms with Gasteiger partial charge >= 0.3 is 5.97 Å². The number of carbonyl (C=O) groups is 1. The number of aliphatic carboxylic acids is 1. The summed E-state index contributed by atoms with van der Waals surface area (Å²) in [7, 11) is 0. The van der Waals surface area contributed by atoms with Gasteiger partial charge in [-0.25, -0.2) is 0 Å². The van der Waals surface area contributed by atoms with E-state index in [0.717, 1.165) is 44.9 Å². The van der Waals surface area contributed by atoms with Gasteiger partial charge in [0.25, 0.3) is 0 Å². The molecule has 0 saturated carbocycles. The van der Waals surface area contributed by atoms with Crippen molar-refractivity contribution in [3.8, 4) is 0 Å². The molecule has 0 aromatic carbocycles. The Bertz CT molecular complexity index is 455. The molecule has 0 aliphatic rings. The third-order valence-corrected chi connectivity index (χ3v) is 6.42. The van der Waals surface area contributed by atoms with Gasteiger partial charge in [-0.2, -0.15) is 0 Å². The molecule has 3 heteroatoms. The molecule has 0 aliphatic heterocycles. The number of rotatable bonds is 26. The van der Waals surface area contributed by atoms with E-state index in [9.17, 15) is 9.90 Å². The number of allylic oxidation sites excluding steroid dienone is 3. The molecule has 0 aromatic heterocycles. The molecule has 0 saturated heterocycles. The first kappa shape index (κ1) is 31.9. The van der Waals surface area contributed by atoms with Crippen LogP contribution in [0.3, 0.4) is 0 Å². The number of unbranched alkanes of at least 4 members (excludes halogenated alkanes) is 17. The minimum atomic E-state index is -0.686. The van der Waals surface area contributed by atoms with Crippen molar-refractivity contribution in [1.82, 2.24) is 0 Å². The van der Waals surface area contributed by atoms with Gasteiger partial charge in [0.2, 0.25) is 0 Å². The number of aliphatic hydroxyl groups is 1. The summed E-state index contributed by atoms with van der Waals surface area (Å²) in [5.74, 6) is -0.686. The maximum atomic E-state index is 10.4. The lowest BCUT2D eigenvalue weighted by Gasteiger charge is -2.07. The molecule has 0 bridgehead atoms. The van der Waals surface area contributed by atoms with Crippen molar-refractivity contribution in [2.24, 2.45) is 0 Å². The molecule has 0 rings (SSSR count). The Morgan fingerprint density at radius 1 is 0.636 bits per heavy atom. The van der Waals surface area contributed by atoms with Crippen LogP contribution in [0.2, 0.25) is 0 Å². The Morgan fingerprint density at radius 2 is 1.12 bits per heavy atom. The molecule has 0 aliphatic carbocycles. The highest BCUT2D eigenvalue weighted by Gasteiger charge is 2.01. The third-order valence-electron chi connectivity index (χ3n) is 6.42. The quantitative estimate of drug-likeness (QED) is 0.0989. The van der Waals surface area contributed by atoms with Crippen molar-refractivity contribution < 1.29 is 15.0 Å². The van der Waals surface area contributed by atoms with Crippen molar-refractivity contribution in [3.63, 3.8) is 0 Å². The monoisotopic (exact) mass is 464 g/mol. The van der Waals surface area contributed by atoms with Gasteiger partial charge in [-0.15, -0.1) is 0 Å². The molecule has 1 atom stereocenters. The van der Waals surface area contributed by atoms with E-state index >= 15 is 0 Å². The Hall–Kier alpha value is -1.09. The molecule has 33 heavy (non-hydrogen) atoms. The lowest BCUT2D eigenvalue weighted by molar-refractivity contribution is -0.137. The maximum absolute atomic E-state index is 10.4. The Labute approximate surface area is 206 Å². The fourth-order valence-corrected chi connectivity index (χ4v) is 4.23. The van der Waals surface area contributed by atoms with E-state index in [0.29, 0.717) is 6.42 Å². The maximum Gasteiger partial charge on any atom is 0.303 e. The predicted octanol–water partition coefficient (Wildman–Crippen LogP) is 9.54. The molecular weight excluding hydrogens is 408 g/mol. The molecule has 0 fully saturated rings. The molecule has 0 heterocycles. The zero-order valence-electron chi connectivity index (χ0n) is 22.0. The largest absolute Gasteiger partial charge is 0.481 e. The lowest BCUT2D eigenvalue weighted by atomic mass is 10.0. The first-order valence-electron chi connectivity index (χ1n) is 14.4. The molecule has 3 nitrogen and oxygen atoms in total. The van der Waals surface area contributed by atoms with Gasteiger partial charge < -0.3 is 10.2 Å². The van der Waals surface area contributed by atoms with Crippen molar-refractivity contribution in [2.75, 3.05) is 0 Å². The van der Waals surface area contributed by atoms with Gasteiger partial charge in [-0.1, -0.05) is 134 Å². The highest BCUT2D eigenvalue weighted by Crippen LogP contribution is 2.13. The molecule has 1 unspecified atom stereocenters. The second-order valence-corrected chi connectivity index (χ2v) is 9.80.